The Labute approximate surface area is 85.5 Å². The molecule has 0 aliphatic heterocycles. The van der Waals surface area contributed by atoms with Gasteiger partial charge in [0, 0.05) is 6.42 Å². The first-order chi connectivity index (χ1) is 6.74. The number of ether oxygens (including phenoxy) is 1. The average molecular weight is 200 g/mol. The molecule has 0 aromatic heterocycles. The number of hydrogen-bond acceptors (Lipinski definition) is 3. The maximum atomic E-state index is 10.9. The predicted octanol–water partition coefficient (Wildman–Crippen LogP) is 1.88. The van der Waals surface area contributed by atoms with Crippen molar-refractivity contribution < 1.29 is 14.6 Å². The number of methoxy groups -OCH3 is 1. The van der Waals surface area contributed by atoms with Crippen LogP contribution in [0.2, 0.25) is 0 Å². The van der Waals surface area contributed by atoms with E-state index in [-0.39, 0.29) is 12.1 Å². The second-order valence-electron chi connectivity index (χ2n) is 4.08. The lowest BCUT2D eigenvalue weighted by molar-refractivity contribution is -0.141. The van der Waals surface area contributed by atoms with E-state index in [1.54, 1.807) is 0 Å². The van der Waals surface area contributed by atoms with Gasteiger partial charge in [-0.05, 0) is 25.2 Å². The normalized spacial score (nSPS) is 28.1. The van der Waals surface area contributed by atoms with E-state index < -0.39 is 0 Å². The van der Waals surface area contributed by atoms with Gasteiger partial charge < -0.3 is 9.84 Å². The molecule has 1 fully saturated rings. The Bertz CT molecular complexity index is 179. The molecule has 1 N–H and O–H groups in total. The maximum Gasteiger partial charge on any atom is 0.305 e. The summed E-state index contributed by atoms with van der Waals surface area (Å²) in [7, 11) is 1.41. The highest BCUT2D eigenvalue weighted by atomic mass is 16.5. The van der Waals surface area contributed by atoms with Crippen molar-refractivity contribution in [2.24, 2.45) is 5.92 Å². The Balaban J connectivity index is 2.29. The number of hydrogen-bond donors (Lipinski definition) is 1. The molecule has 1 aliphatic carbocycles. The molecule has 3 nitrogen and oxygen atoms in total. The largest absolute Gasteiger partial charge is 0.469 e. The fourth-order valence-electron chi connectivity index (χ4n) is 2.11. The molecule has 0 saturated heterocycles. The number of aliphatic hydroxyl groups excluding tert-OH is 1. The Kier molecular flexibility index (Phi) is 4.94. The fraction of sp³-hybridized carbons (Fsp3) is 0.909. The van der Waals surface area contributed by atoms with Gasteiger partial charge in [0.1, 0.15) is 0 Å². The van der Waals surface area contributed by atoms with Crippen molar-refractivity contribution in [3.8, 4) is 0 Å². The van der Waals surface area contributed by atoms with E-state index >= 15 is 0 Å². The van der Waals surface area contributed by atoms with Gasteiger partial charge in [0.2, 0.25) is 0 Å². The highest BCUT2D eigenvalue weighted by Crippen LogP contribution is 2.26. The quantitative estimate of drug-likeness (QED) is 0.559. The molecule has 3 heteroatoms. The van der Waals surface area contributed by atoms with Crippen LogP contribution >= 0.6 is 0 Å². The molecule has 1 rings (SSSR count). The van der Waals surface area contributed by atoms with E-state index in [9.17, 15) is 9.90 Å². The van der Waals surface area contributed by atoms with Gasteiger partial charge in [0.25, 0.3) is 0 Å². The molecule has 2 atom stereocenters. The highest BCUT2D eigenvalue weighted by Gasteiger charge is 2.22. The summed E-state index contributed by atoms with van der Waals surface area (Å²) < 4.78 is 4.59. The topological polar surface area (TPSA) is 46.5 Å². The third-order valence-electron chi connectivity index (χ3n) is 3.07. The summed E-state index contributed by atoms with van der Waals surface area (Å²) in [5.74, 6) is 0.137. The van der Waals surface area contributed by atoms with Gasteiger partial charge in [0.15, 0.2) is 0 Å². The van der Waals surface area contributed by atoms with Gasteiger partial charge in [-0.1, -0.05) is 19.3 Å². The van der Waals surface area contributed by atoms with E-state index in [0.717, 1.165) is 25.7 Å². The Morgan fingerprint density at radius 2 is 2.07 bits per heavy atom. The lowest BCUT2D eigenvalue weighted by atomic mass is 9.92. The second kappa shape index (κ2) is 6.02. The molecular formula is C11H20O3. The minimum Gasteiger partial charge on any atom is -0.469 e. The molecule has 0 amide bonds. The molecule has 0 radical (unpaired) electrons. The van der Waals surface area contributed by atoms with Crippen molar-refractivity contribution in [3.05, 3.63) is 0 Å². The molecule has 0 spiro atoms. The number of carbonyl (C=O) groups excluding carboxylic acids is 1. The first-order valence-electron chi connectivity index (χ1n) is 5.49. The highest BCUT2D eigenvalue weighted by molar-refractivity contribution is 5.69. The zero-order chi connectivity index (χ0) is 10.4. The first-order valence-corrected chi connectivity index (χ1v) is 5.49. The van der Waals surface area contributed by atoms with Gasteiger partial charge in [-0.15, -0.1) is 0 Å². The van der Waals surface area contributed by atoms with Crippen LogP contribution in [-0.2, 0) is 9.53 Å². The minimum absolute atomic E-state index is 0.165. The number of aliphatic hydroxyl groups is 1. The van der Waals surface area contributed by atoms with Crippen molar-refractivity contribution in [1.29, 1.82) is 0 Å². The third kappa shape index (κ3) is 3.66. The van der Waals surface area contributed by atoms with Crippen molar-refractivity contribution in [1.82, 2.24) is 0 Å². The van der Waals surface area contributed by atoms with Crippen molar-refractivity contribution in [2.45, 2.75) is 51.0 Å². The van der Waals surface area contributed by atoms with Gasteiger partial charge in [-0.2, -0.15) is 0 Å². The van der Waals surface area contributed by atoms with Crippen molar-refractivity contribution in [3.63, 3.8) is 0 Å². The van der Waals surface area contributed by atoms with Crippen LogP contribution in [0.5, 0.6) is 0 Å². The SMILES string of the molecule is COC(=O)CC[C@H]1CCCCC[C@@H]1O. The molecular weight excluding hydrogens is 180 g/mol. The molecule has 0 bridgehead atoms. The van der Waals surface area contributed by atoms with E-state index in [0.29, 0.717) is 12.3 Å². The lowest BCUT2D eigenvalue weighted by Crippen LogP contribution is -2.20. The van der Waals surface area contributed by atoms with Gasteiger partial charge in [0.05, 0.1) is 13.2 Å². The van der Waals surface area contributed by atoms with E-state index in [1.165, 1.54) is 20.0 Å². The van der Waals surface area contributed by atoms with E-state index in [4.69, 9.17) is 0 Å². The van der Waals surface area contributed by atoms with E-state index in [2.05, 4.69) is 4.74 Å². The first kappa shape index (κ1) is 11.5. The summed E-state index contributed by atoms with van der Waals surface area (Å²) in [6.45, 7) is 0. The minimum atomic E-state index is -0.206. The van der Waals surface area contributed by atoms with Crippen LogP contribution in [0.3, 0.4) is 0 Å². The van der Waals surface area contributed by atoms with E-state index in [1.807, 2.05) is 0 Å². The molecule has 1 saturated carbocycles. The zero-order valence-corrected chi connectivity index (χ0v) is 8.87. The molecule has 82 valence electrons. The Morgan fingerprint density at radius 3 is 2.79 bits per heavy atom. The van der Waals surface area contributed by atoms with Crippen molar-refractivity contribution >= 4 is 5.97 Å². The van der Waals surface area contributed by atoms with Crippen molar-refractivity contribution in [2.75, 3.05) is 7.11 Å². The summed E-state index contributed by atoms with van der Waals surface area (Å²) in [6, 6.07) is 0. The fourth-order valence-corrected chi connectivity index (χ4v) is 2.11. The second-order valence-corrected chi connectivity index (χ2v) is 4.08. The summed E-state index contributed by atoms with van der Waals surface area (Å²) in [4.78, 5) is 10.9. The van der Waals surface area contributed by atoms with Crippen LogP contribution in [0.4, 0.5) is 0 Å². The predicted molar refractivity (Wildman–Crippen MR) is 53.8 cm³/mol. The molecule has 0 heterocycles. The monoisotopic (exact) mass is 200 g/mol. The van der Waals surface area contributed by atoms with Gasteiger partial charge >= 0.3 is 5.97 Å². The average Bonchev–Trinajstić information content (AvgIpc) is 2.39. The van der Waals surface area contributed by atoms with Crippen LogP contribution in [0.25, 0.3) is 0 Å². The maximum absolute atomic E-state index is 10.9. The van der Waals surface area contributed by atoms with Gasteiger partial charge in [-0.25, -0.2) is 0 Å². The number of rotatable bonds is 3. The van der Waals surface area contributed by atoms with Crippen LogP contribution < -0.4 is 0 Å². The molecule has 0 unspecified atom stereocenters. The molecule has 1 aliphatic rings. The summed E-state index contributed by atoms with van der Waals surface area (Å²) in [5, 5.41) is 9.78. The standard InChI is InChI=1S/C11H20O3/c1-14-11(13)8-7-9-5-3-2-4-6-10(9)12/h9-10,12H,2-8H2,1H3/t9-,10+/m1/s1. The van der Waals surface area contributed by atoms with Crippen LogP contribution in [0.15, 0.2) is 0 Å². The Morgan fingerprint density at radius 1 is 1.36 bits per heavy atom. The van der Waals surface area contributed by atoms with Crippen LogP contribution in [0.1, 0.15) is 44.9 Å². The number of carbonyl (C=O) groups is 1. The summed E-state index contributed by atoms with van der Waals surface area (Å²) in [5.41, 5.74) is 0. The smallest absolute Gasteiger partial charge is 0.305 e. The van der Waals surface area contributed by atoms with Gasteiger partial charge in [-0.3, -0.25) is 4.79 Å². The third-order valence-corrected chi connectivity index (χ3v) is 3.07. The van der Waals surface area contributed by atoms with Crippen LogP contribution in [0, 0.1) is 5.92 Å². The zero-order valence-electron chi connectivity index (χ0n) is 8.87. The Hall–Kier alpha value is -0.570. The number of esters is 1. The summed E-state index contributed by atoms with van der Waals surface area (Å²) >= 11 is 0. The molecule has 14 heavy (non-hydrogen) atoms. The summed E-state index contributed by atoms with van der Waals surface area (Å²) in [6.07, 6.45) is 6.47. The lowest BCUT2D eigenvalue weighted by Gasteiger charge is -2.19. The van der Waals surface area contributed by atoms with Crippen LogP contribution in [-0.4, -0.2) is 24.3 Å². The molecule has 0 aromatic rings. The molecule has 0 aromatic carbocycles.